The lowest BCUT2D eigenvalue weighted by atomic mass is 10.0. The number of benzene rings is 2. The molecule has 2 N–H and O–H groups in total. The molecule has 4 aromatic rings. The zero-order valence-corrected chi connectivity index (χ0v) is 21.3. The highest BCUT2D eigenvalue weighted by Crippen LogP contribution is 2.39. The van der Waals surface area contributed by atoms with Crippen molar-refractivity contribution in [2.45, 2.75) is 25.4 Å². The van der Waals surface area contributed by atoms with Crippen LogP contribution in [0.1, 0.15) is 35.5 Å². The molecule has 2 aromatic carbocycles. The SMILES string of the molecule is Cc1cccc(NC(=O)CCN2C(=S)N[C@H](c3ccccn3)[C@@H]2c2cccn2-c2cccc(Cl)c2)c1. The van der Waals surface area contributed by atoms with E-state index in [0.717, 1.165) is 28.3 Å². The van der Waals surface area contributed by atoms with Crippen molar-refractivity contribution in [2.75, 3.05) is 11.9 Å². The molecular weight excluding hydrogens is 490 g/mol. The van der Waals surface area contributed by atoms with E-state index < -0.39 is 0 Å². The van der Waals surface area contributed by atoms with E-state index >= 15 is 0 Å². The fourth-order valence-corrected chi connectivity index (χ4v) is 5.15. The third kappa shape index (κ3) is 5.12. The molecular formula is C28H26ClN5OS. The number of carbonyl (C=O) groups excluding carboxylic acids is 1. The Labute approximate surface area is 220 Å². The highest BCUT2D eigenvalue weighted by Gasteiger charge is 2.41. The first-order valence-corrected chi connectivity index (χ1v) is 12.6. The number of aromatic nitrogens is 2. The monoisotopic (exact) mass is 515 g/mol. The van der Waals surface area contributed by atoms with Crippen LogP contribution in [-0.2, 0) is 4.79 Å². The highest BCUT2D eigenvalue weighted by molar-refractivity contribution is 7.80. The van der Waals surface area contributed by atoms with E-state index in [-0.39, 0.29) is 18.0 Å². The average molecular weight is 516 g/mol. The smallest absolute Gasteiger partial charge is 0.226 e. The summed E-state index contributed by atoms with van der Waals surface area (Å²) in [6.45, 7) is 2.46. The Bertz CT molecular complexity index is 1390. The van der Waals surface area contributed by atoms with E-state index in [1.807, 2.05) is 85.9 Å². The lowest BCUT2D eigenvalue weighted by molar-refractivity contribution is -0.116. The normalized spacial score (nSPS) is 17.2. The van der Waals surface area contributed by atoms with Gasteiger partial charge >= 0.3 is 0 Å². The Hall–Kier alpha value is -3.68. The molecule has 1 amide bonds. The van der Waals surface area contributed by atoms with Gasteiger partial charge in [-0.3, -0.25) is 9.78 Å². The van der Waals surface area contributed by atoms with Crippen LogP contribution >= 0.6 is 23.8 Å². The summed E-state index contributed by atoms with van der Waals surface area (Å²) in [5, 5.41) is 7.71. The van der Waals surface area contributed by atoms with Gasteiger partial charge in [0.05, 0.1) is 17.8 Å². The number of rotatable bonds is 7. The van der Waals surface area contributed by atoms with Gasteiger partial charge in [-0.1, -0.05) is 35.9 Å². The minimum absolute atomic E-state index is 0.0614. The first-order valence-electron chi connectivity index (χ1n) is 11.8. The van der Waals surface area contributed by atoms with Crippen LogP contribution in [0.3, 0.4) is 0 Å². The minimum atomic E-state index is -0.175. The van der Waals surface area contributed by atoms with Crippen molar-refractivity contribution in [3.05, 3.63) is 113 Å². The van der Waals surface area contributed by atoms with Gasteiger partial charge in [0.25, 0.3) is 0 Å². The van der Waals surface area contributed by atoms with E-state index in [2.05, 4.69) is 31.2 Å². The second-order valence-electron chi connectivity index (χ2n) is 8.77. The van der Waals surface area contributed by atoms with Crippen molar-refractivity contribution in [1.82, 2.24) is 19.8 Å². The number of halogens is 1. The molecule has 0 bridgehead atoms. The van der Waals surface area contributed by atoms with Gasteiger partial charge in [-0.25, -0.2) is 0 Å². The minimum Gasteiger partial charge on any atom is -0.352 e. The number of nitrogens with zero attached hydrogens (tertiary/aromatic N) is 3. The molecule has 2 atom stereocenters. The van der Waals surface area contributed by atoms with Crippen molar-refractivity contribution < 1.29 is 4.79 Å². The van der Waals surface area contributed by atoms with Gasteiger partial charge in [-0.15, -0.1) is 0 Å². The largest absolute Gasteiger partial charge is 0.352 e. The van der Waals surface area contributed by atoms with Crippen LogP contribution in [0, 0.1) is 6.92 Å². The van der Waals surface area contributed by atoms with Gasteiger partial charge in [0.15, 0.2) is 5.11 Å². The van der Waals surface area contributed by atoms with Gasteiger partial charge in [-0.05, 0) is 79.3 Å². The molecule has 1 aliphatic heterocycles. The van der Waals surface area contributed by atoms with E-state index in [1.165, 1.54) is 0 Å². The second kappa shape index (κ2) is 10.5. The number of aryl methyl sites for hydroxylation is 1. The highest BCUT2D eigenvalue weighted by atomic mass is 35.5. The summed E-state index contributed by atoms with van der Waals surface area (Å²) in [6, 6.07) is 25.1. The number of thiocarbonyl (C=S) groups is 1. The fraction of sp³-hybridized carbons (Fsp3) is 0.179. The van der Waals surface area contributed by atoms with Crippen LogP contribution in [0.25, 0.3) is 5.69 Å². The summed E-state index contributed by atoms with van der Waals surface area (Å²) in [4.78, 5) is 19.5. The Morgan fingerprint density at radius 1 is 1.08 bits per heavy atom. The van der Waals surface area contributed by atoms with E-state index in [0.29, 0.717) is 23.1 Å². The number of amides is 1. The van der Waals surface area contributed by atoms with Crippen LogP contribution in [0.5, 0.6) is 0 Å². The third-order valence-corrected chi connectivity index (χ3v) is 6.84. The lowest BCUT2D eigenvalue weighted by Gasteiger charge is -2.29. The molecule has 0 radical (unpaired) electrons. The standard InChI is InChI=1S/C28H26ClN5OS/c1-19-7-4-9-21(17-19)31-25(35)13-16-34-27(26(32-28(34)36)23-11-2-3-14-30-23)24-12-6-15-33(24)22-10-5-8-20(29)18-22/h2-12,14-15,17-18,26-27H,13,16H2,1H3,(H,31,35)(H,32,36)/t26-,27+/m1/s1. The van der Waals surface area contributed by atoms with Crippen LogP contribution in [-0.4, -0.2) is 32.0 Å². The van der Waals surface area contributed by atoms with Gasteiger partial charge in [0, 0.05) is 47.5 Å². The maximum atomic E-state index is 12.8. The Morgan fingerprint density at radius 3 is 2.72 bits per heavy atom. The number of hydrogen-bond acceptors (Lipinski definition) is 3. The molecule has 0 aliphatic carbocycles. The van der Waals surface area contributed by atoms with Crippen LogP contribution in [0.4, 0.5) is 5.69 Å². The summed E-state index contributed by atoms with van der Waals surface area (Å²) in [5.41, 5.74) is 4.75. The number of nitrogens with one attached hydrogen (secondary N) is 2. The lowest BCUT2D eigenvalue weighted by Crippen LogP contribution is -2.33. The zero-order chi connectivity index (χ0) is 25.1. The molecule has 182 valence electrons. The summed E-state index contributed by atoms with van der Waals surface area (Å²) in [7, 11) is 0. The maximum Gasteiger partial charge on any atom is 0.226 e. The van der Waals surface area contributed by atoms with Crippen LogP contribution in [0.15, 0.2) is 91.3 Å². The molecule has 5 rings (SSSR count). The molecule has 2 aromatic heterocycles. The molecule has 3 heterocycles. The first-order chi connectivity index (χ1) is 17.5. The molecule has 6 nitrogen and oxygen atoms in total. The van der Waals surface area contributed by atoms with Gasteiger partial charge in [0.2, 0.25) is 5.91 Å². The summed E-state index contributed by atoms with van der Waals surface area (Å²) < 4.78 is 2.11. The first kappa shape index (κ1) is 24.0. The molecule has 0 spiro atoms. The predicted molar refractivity (Wildman–Crippen MR) is 147 cm³/mol. The quantitative estimate of drug-likeness (QED) is 0.303. The van der Waals surface area contributed by atoms with Crippen molar-refractivity contribution in [3.8, 4) is 5.69 Å². The molecule has 1 fully saturated rings. The van der Waals surface area contributed by atoms with Gasteiger partial charge in [-0.2, -0.15) is 0 Å². The van der Waals surface area contributed by atoms with Crippen molar-refractivity contribution in [2.24, 2.45) is 0 Å². The number of hydrogen-bond donors (Lipinski definition) is 2. The van der Waals surface area contributed by atoms with Gasteiger partial charge in [0.1, 0.15) is 0 Å². The molecule has 1 aliphatic rings. The maximum absolute atomic E-state index is 12.8. The Balaban J connectivity index is 1.44. The molecule has 36 heavy (non-hydrogen) atoms. The number of anilines is 1. The van der Waals surface area contributed by atoms with Crippen LogP contribution < -0.4 is 10.6 Å². The summed E-state index contributed by atoms with van der Waals surface area (Å²) in [6.07, 6.45) is 4.09. The topological polar surface area (TPSA) is 62.2 Å². The summed E-state index contributed by atoms with van der Waals surface area (Å²) >= 11 is 12.1. The number of pyridine rings is 1. The third-order valence-electron chi connectivity index (χ3n) is 6.25. The van der Waals surface area contributed by atoms with Gasteiger partial charge < -0.3 is 20.1 Å². The van der Waals surface area contributed by atoms with Crippen LogP contribution in [0.2, 0.25) is 5.02 Å². The molecule has 8 heteroatoms. The van der Waals surface area contributed by atoms with E-state index in [4.69, 9.17) is 23.8 Å². The molecule has 0 saturated carbocycles. The molecule has 0 unspecified atom stereocenters. The zero-order valence-electron chi connectivity index (χ0n) is 19.8. The number of carbonyl (C=O) groups is 1. The Morgan fingerprint density at radius 2 is 1.94 bits per heavy atom. The Kier molecular flexibility index (Phi) is 7.02. The van der Waals surface area contributed by atoms with E-state index in [1.54, 1.807) is 6.20 Å². The average Bonchev–Trinajstić information content (AvgIpc) is 3.47. The molecule has 1 saturated heterocycles. The second-order valence-corrected chi connectivity index (χ2v) is 9.59. The summed E-state index contributed by atoms with van der Waals surface area (Å²) in [5.74, 6) is -0.0614. The van der Waals surface area contributed by atoms with E-state index in [9.17, 15) is 4.79 Å². The van der Waals surface area contributed by atoms with Crippen molar-refractivity contribution in [3.63, 3.8) is 0 Å². The van der Waals surface area contributed by atoms with Crippen molar-refractivity contribution in [1.29, 1.82) is 0 Å². The fourth-order valence-electron chi connectivity index (χ4n) is 4.63. The predicted octanol–water partition coefficient (Wildman–Crippen LogP) is 5.84. The van der Waals surface area contributed by atoms with Crippen molar-refractivity contribution >= 4 is 40.5 Å².